The van der Waals surface area contributed by atoms with Crippen LogP contribution in [0.15, 0.2) is 53.4 Å². The Kier molecular flexibility index (Phi) is 6.09. The summed E-state index contributed by atoms with van der Waals surface area (Å²) in [5.41, 5.74) is 0.940. The highest BCUT2D eigenvalue weighted by atomic mass is 32.2. The molecule has 2 aromatic rings. The van der Waals surface area contributed by atoms with Crippen molar-refractivity contribution in [1.29, 1.82) is 0 Å². The number of Topliss-reactive ketones (excluding diaryl/α,β-unsaturated/α-hetero) is 1. The Balaban J connectivity index is 2.05. The van der Waals surface area contributed by atoms with Crippen LogP contribution in [0.5, 0.6) is 0 Å². The molecule has 0 saturated carbocycles. The SMILES string of the molecule is CC(=O)Nc1ccc(C(=O)C(C)OC(=O)c2ccc(S(N)(=O)=O)cc2)cc1. The summed E-state index contributed by atoms with van der Waals surface area (Å²) < 4.78 is 27.6. The average Bonchev–Trinajstić information content (AvgIpc) is 2.60. The van der Waals surface area contributed by atoms with Crippen LogP contribution in [0.25, 0.3) is 0 Å². The third-order valence-corrected chi connectivity index (χ3v) is 4.49. The molecule has 142 valence electrons. The maximum Gasteiger partial charge on any atom is 0.338 e. The number of anilines is 1. The Morgan fingerprint density at radius 3 is 1.96 bits per heavy atom. The zero-order valence-electron chi connectivity index (χ0n) is 14.6. The Hall–Kier alpha value is -3.04. The summed E-state index contributed by atoms with van der Waals surface area (Å²) in [6.07, 6.45) is -1.05. The van der Waals surface area contributed by atoms with Crippen molar-refractivity contribution in [2.45, 2.75) is 24.8 Å². The van der Waals surface area contributed by atoms with Gasteiger partial charge in [-0.15, -0.1) is 0 Å². The van der Waals surface area contributed by atoms with E-state index in [-0.39, 0.29) is 16.4 Å². The van der Waals surface area contributed by atoms with E-state index in [9.17, 15) is 22.8 Å². The van der Waals surface area contributed by atoms with Crippen LogP contribution < -0.4 is 10.5 Å². The van der Waals surface area contributed by atoms with E-state index in [1.54, 1.807) is 12.1 Å². The Morgan fingerprint density at radius 2 is 1.48 bits per heavy atom. The standard InChI is InChI=1S/C18H18N2O6S/c1-11(17(22)13-3-7-15(8-4-13)20-12(2)21)26-18(23)14-5-9-16(10-6-14)27(19,24)25/h3-11H,1-2H3,(H,20,21)(H2,19,24,25). The number of nitrogens with two attached hydrogens (primary N) is 1. The molecule has 2 aromatic carbocycles. The van der Waals surface area contributed by atoms with Crippen molar-refractivity contribution < 1.29 is 27.5 Å². The number of primary sulfonamides is 1. The molecule has 27 heavy (non-hydrogen) atoms. The number of carbonyl (C=O) groups excluding carboxylic acids is 3. The minimum Gasteiger partial charge on any atom is -0.451 e. The molecule has 1 unspecified atom stereocenters. The minimum absolute atomic E-state index is 0.0862. The maximum absolute atomic E-state index is 12.4. The number of ketones is 1. The van der Waals surface area contributed by atoms with Crippen molar-refractivity contribution in [2.24, 2.45) is 5.14 Å². The van der Waals surface area contributed by atoms with E-state index in [1.165, 1.54) is 50.2 Å². The quantitative estimate of drug-likeness (QED) is 0.570. The first-order valence-corrected chi connectivity index (χ1v) is 9.38. The Labute approximate surface area is 156 Å². The molecule has 0 saturated heterocycles. The van der Waals surface area contributed by atoms with Crippen molar-refractivity contribution in [2.75, 3.05) is 5.32 Å². The number of hydrogen-bond acceptors (Lipinski definition) is 6. The number of amides is 1. The summed E-state index contributed by atoms with van der Waals surface area (Å²) in [6, 6.07) is 11.0. The van der Waals surface area contributed by atoms with Gasteiger partial charge in [0.05, 0.1) is 10.5 Å². The fourth-order valence-electron chi connectivity index (χ4n) is 2.22. The number of benzene rings is 2. The zero-order chi connectivity index (χ0) is 20.2. The third-order valence-electron chi connectivity index (χ3n) is 3.56. The number of hydrogen-bond donors (Lipinski definition) is 2. The van der Waals surface area contributed by atoms with E-state index >= 15 is 0 Å². The molecule has 9 heteroatoms. The molecule has 1 amide bonds. The predicted octanol–water partition coefficient (Wildman–Crippen LogP) is 1.72. The third kappa shape index (κ3) is 5.47. The monoisotopic (exact) mass is 390 g/mol. The lowest BCUT2D eigenvalue weighted by Gasteiger charge is -2.13. The Bertz CT molecular complexity index is 966. The molecule has 0 aromatic heterocycles. The van der Waals surface area contributed by atoms with Gasteiger partial charge in [-0.05, 0) is 55.5 Å². The zero-order valence-corrected chi connectivity index (χ0v) is 15.4. The lowest BCUT2D eigenvalue weighted by Crippen LogP contribution is -2.24. The molecule has 0 heterocycles. The molecule has 8 nitrogen and oxygen atoms in total. The van der Waals surface area contributed by atoms with E-state index < -0.39 is 27.9 Å². The van der Waals surface area contributed by atoms with Gasteiger partial charge in [0, 0.05) is 18.2 Å². The van der Waals surface area contributed by atoms with Gasteiger partial charge < -0.3 is 10.1 Å². The largest absolute Gasteiger partial charge is 0.451 e. The predicted molar refractivity (Wildman–Crippen MR) is 97.8 cm³/mol. The van der Waals surface area contributed by atoms with Gasteiger partial charge in [0.15, 0.2) is 6.10 Å². The number of carbonyl (C=O) groups is 3. The molecule has 0 aliphatic rings. The van der Waals surface area contributed by atoms with E-state index in [0.29, 0.717) is 11.3 Å². The van der Waals surface area contributed by atoms with Gasteiger partial charge in [-0.1, -0.05) is 0 Å². The van der Waals surface area contributed by atoms with Crippen LogP contribution in [0.3, 0.4) is 0 Å². The summed E-state index contributed by atoms with van der Waals surface area (Å²) in [4.78, 5) is 35.4. The molecule has 0 fully saturated rings. The molecule has 1 atom stereocenters. The van der Waals surface area contributed by atoms with Gasteiger partial charge in [-0.25, -0.2) is 18.4 Å². The van der Waals surface area contributed by atoms with Crippen LogP contribution in [0.2, 0.25) is 0 Å². The second-order valence-corrected chi connectivity index (χ2v) is 7.30. The van der Waals surface area contributed by atoms with Gasteiger partial charge in [-0.2, -0.15) is 0 Å². The number of rotatable bonds is 6. The second-order valence-electron chi connectivity index (χ2n) is 5.74. The highest BCUT2D eigenvalue weighted by Gasteiger charge is 2.21. The lowest BCUT2D eigenvalue weighted by atomic mass is 10.1. The van der Waals surface area contributed by atoms with Gasteiger partial charge in [0.25, 0.3) is 0 Å². The van der Waals surface area contributed by atoms with Crippen LogP contribution in [0, 0.1) is 0 Å². The number of esters is 1. The molecule has 3 N–H and O–H groups in total. The lowest BCUT2D eigenvalue weighted by molar-refractivity contribution is -0.114. The second kappa shape index (κ2) is 8.11. The highest BCUT2D eigenvalue weighted by Crippen LogP contribution is 2.15. The molecule has 0 bridgehead atoms. The van der Waals surface area contributed by atoms with Crippen LogP contribution in [0.1, 0.15) is 34.6 Å². The molecule has 0 aliphatic heterocycles. The molecule has 0 spiro atoms. The van der Waals surface area contributed by atoms with E-state index in [0.717, 1.165) is 0 Å². The molecular weight excluding hydrogens is 372 g/mol. The average molecular weight is 390 g/mol. The maximum atomic E-state index is 12.4. The van der Waals surface area contributed by atoms with Crippen LogP contribution in [0.4, 0.5) is 5.69 Å². The fourth-order valence-corrected chi connectivity index (χ4v) is 2.73. The molecule has 2 rings (SSSR count). The van der Waals surface area contributed by atoms with Crippen LogP contribution in [-0.4, -0.2) is 32.2 Å². The first-order valence-electron chi connectivity index (χ1n) is 7.83. The first-order chi connectivity index (χ1) is 12.6. The topological polar surface area (TPSA) is 133 Å². The summed E-state index contributed by atoms with van der Waals surface area (Å²) in [7, 11) is -3.86. The van der Waals surface area contributed by atoms with Gasteiger partial charge in [0.2, 0.25) is 21.7 Å². The summed E-state index contributed by atoms with van der Waals surface area (Å²) >= 11 is 0. The van der Waals surface area contributed by atoms with Crippen LogP contribution in [-0.2, 0) is 19.6 Å². The molecule has 0 aliphatic carbocycles. The Morgan fingerprint density at radius 1 is 0.963 bits per heavy atom. The van der Waals surface area contributed by atoms with Gasteiger partial charge >= 0.3 is 5.97 Å². The van der Waals surface area contributed by atoms with Crippen molar-refractivity contribution in [3.8, 4) is 0 Å². The smallest absolute Gasteiger partial charge is 0.338 e. The van der Waals surface area contributed by atoms with E-state index in [4.69, 9.17) is 9.88 Å². The van der Waals surface area contributed by atoms with Crippen molar-refractivity contribution >= 4 is 33.4 Å². The summed E-state index contributed by atoms with van der Waals surface area (Å²) in [5.74, 6) is -1.42. The van der Waals surface area contributed by atoms with E-state index in [2.05, 4.69) is 5.32 Å². The summed E-state index contributed by atoms with van der Waals surface area (Å²) in [5, 5.41) is 7.57. The number of nitrogens with one attached hydrogen (secondary N) is 1. The first kappa shape index (κ1) is 20.3. The van der Waals surface area contributed by atoms with Gasteiger partial charge in [0.1, 0.15) is 0 Å². The van der Waals surface area contributed by atoms with Crippen LogP contribution >= 0.6 is 0 Å². The highest BCUT2D eigenvalue weighted by molar-refractivity contribution is 7.89. The normalized spacial score (nSPS) is 12.1. The molecule has 0 radical (unpaired) electrons. The fraction of sp³-hybridized carbons (Fsp3) is 0.167. The van der Waals surface area contributed by atoms with Crippen molar-refractivity contribution in [3.63, 3.8) is 0 Å². The number of ether oxygens (including phenoxy) is 1. The minimum atomic E-state index is -3.86. The van der Waals surface area contributed by atoms with E-state index in [1.807, 2.05) is 0 Å². The molecular formula is C18H18N2O6S. The van der Waals surface area contributed by atoms with Crippen molar-refractivity contribution in [1.82, 2.24) is 0 Å². The summed E-state index contributed by atoms with van der Waals surface area (Å²) in [6.45, 7) is 2.80. The van der Waals surface area contributed by atoms with Gasteiger partial charge in [-0.3, -0.25) is 9.59 Å². The van der Waals surface area contributed by atoms with Crippen molar-refractivity contribution in [3.05, 3.63) is 59.7 Å². The number of sulfonamides is 1.